The van der Waals surface area contributed by atoms with Gasteiger partial charge in [0.25, 0.3) is 10.0 Å². The first-order valence-corrected chi connectivity index (χ1v) is 13.7. The summed E-state index contributed by atoms with van der Waals surface area (Å²) in [5, 5.41) is 17.4. The molecule has 8 nitrogen and oxygen atoms in total. The van der Waals surface area contributed by atoms with Crippen molar-refractivity contribution in [2.45, 2.75) is 17.7 Å². The van der Waals surface area contributed by atoms with E-state index in [9.17, 15) is 13.2 Å². The minimum absolute atomic E-state index is 0.0308. The zero-order valence-electron chi connectivity index (χ0n) is 19.0. The van der Waals surface area contributed by atoms with E-state index in [2.05, 4.69) is 37.4 Å². The molecule has 11 heteroatoms. The molecule has 0 saturated carbocycles. The monoisotopic (exact) mass is 633 g/mol. The highest BCUT2D eigenvalue weighted by atomic mass is 127. The molecule has 0 spiro atoms. The van der Waals surface area contributed by atoms with E-state index in [4.69, 9.17) is 17.0 Å². The molecule has 0 radical (unpaired) electrons. The van der Waals surface area contributed by atoms with E-state index >= 15 is 0 Å². The Balaban J connectivity index is 1.82. The van der Waals surface area contributed by atoms with E-state index in [1.807, 2.05) is 42.5 Å². The highest BCUT2D eigenvalue weighted by molar-refractivity contribution is 14.1. The number of hydrazone groups is 1. The third kappa shape index (κ3) is 6.00. The SMILES string of the molecule is CC(=O)NC(=N)/C(=N\S(=O)(=O)c1ccc(I)cc1)N1CC(c2ccccc2)C(c2ccc(Cl)cc2)=N1. The first-order chi connectivity index (χ1) is 17.1. The Bertz CT molecular complexity index is 1460. The van der Waals surface area contributed by atoms with Gasteiger partial charge in [-0.15, -0.1) is 4.40 Å². The van der Waals surface area contributed by atoms with Crippen molar-refractivity contribution in [1.82, 2.24) is 10.3 Å². The van der Waals surface area contributed by atoms with E-state index in [1.165, 1.54) is 24.1 Å². The fourth-order valence-corrected chi connectivity index (χ4v) is 5.17. The average Bonchev–Trinajstić information content (AvgIpc) is 3.28. The summed E-state index contributed by atoms with van der Waals surface area (Å²) in [5.41, 5.74) is 2.41. The van der Waals surface area contributed by atoms with Gasteiger partial charge in [-0.1, -0.05) is 54.1 Å². The normalized spacial score (nSPS) is 16.0. The number of amidine groups is 2. The molecule has 36 heavy (non-hydrogen) atoms. The minimum Gasteiger partial charge on any atom is -0.308 e. The molecular weight excluding hydrogens is 613 g/mol. The fraction of sp³-hybridized carbons (Fsp3) is 0.120. The lowest BCUT2D eigenvalue weighted by molar-refractivity contribution is -0.117. The topological polar surface area (TPSA) is 115 Å². The molecule has 2 N–H and O–H groups in total. The molecule has 184 valence electrons. The highest BCUT2D eigenvalue weighted by Gasteiger charge is 2.34. The van der Waals surface area contributed by atoms with Gasteiger partial charge in [0.05, 0.1) is 17.2 Å². The van der Waals surface area contributed by atoms with Gasteiger partial charge in [-0.25, -0.2) is 5.01 Å². The first kappa shape index (κ1) is 26.0. The van der Waals surface area contributed by atoms with Crippen LogP contribution in [0, 0.1) is 8.98 Å². The van der Waals surface area contributed by atoms with E-state index in [1.54, 1.807) is 24.3 Å². The number of amides is 1. The number of benzene rings is 3. The molecule has 1 unspecified atom stereocenters. The third-order valence-electron chi connectivity index (χ3n) is 5.34. The Labute approximate surface area is 227 Å². The van der Waals surface area contributed by atoms with E-state index in [0.717, 1.165) is 14.7 Å². The van der Waals surface area contributed by atoms with Crippen molar-refractivity contribution < 1.29 is 13.2 Å². The number of nitrogens with zero attached hydrogens (tertiary/aromatic N) is 3. The summed E-state index contributed by atoms with van der Waals surface area (Å²) in [6.07, 6.45) is 0. The van der Waals surface area contributed by atoms with Gasteiger partial charge in [0.1, 0.15) is 0 Å². The predicted molar refractivity (Wildman–Crippen MR) is 149 cm³/mol. The molecule has 3 aromatic rings. The lowest BCUT2D eigenvalue weighted by Gasteiger charge is -2.19. The molecule has 4 rings (SSSR count). The van der Waals surface area contributed by atoms with Gasteiger partial charge in [0.2, 0.25) is 11.7 Å². The van der Waals surface area contributed by atoms with Gasteiger partial charge in [-0.2, -0.15) is 13.5 Å². The maximum absolute atomic E-state index is 13.2. The molecule has 1 heterocycles. The largest absolute Gasteiger partial charge is 0.308 e. The van der Waals surface area contributed by atoms with Crippen molar-refractivity contribution in [3.8, 4) is 0 Å². The second-order valence-corrected chi connectivity index (χ2v) is 11.2. The lowest BCUT2D eigenvalue weighted by Crippen LogP contribution is -2.42. The van der Waals surface area contributed by atoms with Gasteiger partial charge in [-0.3, -0.25) is 10.2 Å². The van der Waals surface area contributed by atoms with Crippen LogP contribution in [0.2, 0.25) is 5.02 Å². The van der Waals surface area contributed by atoms with Gasteiger partial charge >= 0.3 is 0 Å². The van der Waals surface area contributed by atoms with Crippen LogP contribution >= 0.6 is 34.2 Å². The number of sulfonamides is 1. The standard InChI is InChI=1S/C25H21ClIN5O3S/c1-16(33)29-24(28)25(31-36(34,35)21-13-11-20(27)12-14-21)32-15-22(17-5-3-2-4-6-17)23(30-32)18-7-9-19(26)10-8-18/h2-14,22H,15H2,1H3,(H2,28,29,33)/b31-25+. The summed E-state index contributed by atoms with van der Waals surface area (Å²) in [5.74, 6) is -1.53. The van der Waals surface area contributed by atoms with Gasteiger partial charge in [0, 0.05) is 21.4 Å². The van der Waals surface area contributed by atoms with Crippen molar-refractivity contribution in [2.75, 3.05) is 6.54 Å². The van der Waals surface area contributed by atoms with Gasteiger partial charge in [-0.05, 0) is 70.1 Å². The van der Waals surface area contributed by atoms with E-state index in [-0.39, 0.29) is 23.2 Å². The Morgan fingerprint density at radius 1 is 1.08 bits per heavy atom. The molecule has 1 aliphatic rings. The summed E-state index contributed by atoms with van der Waals surface area (Å²) in [6, 6.07) is 23.0. The van der Waals surface area contributed by atoms with Crippen LogP contribution in [0.5, 0.6) is 0 Å². The Hall–Kier alpha value is -3.09. The molecule has 3 aromatic carbocycles. The van der Waals surface area contributed by atoms with Crippen LogP contribution in [0.1, 0.15) is 24.0 Å². The van der Waals surface area contributed by atoms with Crippen LogP contribution in [0.3, 0.4) is 0 Å². The van der Waals surface area contributed by atoms with Crippen molar-refractivity contribution in [2.24, 2.45) is 9.50 Å². The molecule has 1 aliphatic heterocycles. The minimum atomic E-state index is -4.20. The van der Waals surface area contributed by atoms with Crippen LogP contribution in [0.4, 0.5) is 0 Å². The fourth-order valence-electron chi connectivity index (χ4n) is 3.69. The molecule has 1 atom stereocenters. The second kappa shape index (κ2) is 10.9. The summed E-state index contributed by atoms with van der Waals surface area (Å²) in [4.78, 5) is 11.7. The Morgan fingerprint density at radius 3 is 2.33 bits per heavy atom. The number of carbonyl (C=O) groups excluding carboxylic acids is 1. The Morgan fingerprint density at radius 2 is 1.72 bits per heavy atom. The average molecular weight is 634 g/mol. The van der Waals surface area contributed by atoms with Crippen LogP contribution in [0.15, 0.2) is 93.3 Å². The van der Waals surface area contributed by atoms with Crippen LogP contribution < -0.4 is 5.32 Å². The van der Waals surface area contributed by atoms with Crippen molar-refractivity contribution in [1.29, 1.82) is 5.41 Å². The molecule has 0 fully saturated rings. The van der Waals surface area contributed by atoms with Crippen molar-refractivity contribution in [3.05, 3.63) is 98.6 Å². The molecule has 0 bridgehead atoms. The van der Waals surface area contributed by atoms with Crippen molar-refractivity contribution in [3.63, 3.8) is 0 Å². The zero-order chi connectivity index (χ0) is 25.9. The zero-order valence-corrected chi connectivity index (χ0v) is 22.8. The van der Waals surface area contributed by atoms with Crippen molar-refractivity contribution >= 4 is 67.5 Å². The third-order valence-corrected chi connectivity index (χ3v) is 7.60. The number of nitrogens with one attached hydrogen (secondary N) is 2. The first-order valence-electron chi connectivity index (χ1n) is 10.8. The number of carbonyl (C=O) groups is 1. The summed E-state index contributed by atoms with van der Waals surface area (Å²) in [6.45, 7) is 1.45. The Kier molecular flexibility index (Phi) is 7.86. The molecule has 0 saturated heterocycles. The van der Waals surface area contributed by atoms with Crippen LogP contribution in [-0.2, 0) is 14.8 Å². The molecule has 0 aromatic heterocycles. The smallest absolute Gasteiger partial charge is 0.284 e. The molecular formula is C25H21ClIN5O3S. The summed E-state index contributed by atoms with van der Waals surface area (Å²) < 4.78 is 31.1. The highest BCUT2D eigenvalue weighted by Crippen LogP contribution is 2.30. The van der Waals surface area contributed by atoms with E-state index in [0.29, 0.717) is 10.7 Å². The number of halogens is 2. The van der Waals surface area contributed by atoms with Crippen LogP contribution in [-0.4, -0.2) is 43.3 Å². The molecule has 1 amide bonds. The van der Waals surface area contributed by atoms with Gasteiger partial charge < -0.3 is 5.32 Å². The van der Waals surface area contributed by atoms with Gasteiger partial charge in [0.15, 0.2) is 5.84 Å². The quantitative estimate of drug-likeness (QED) is 0.247. The lowest BCUT2D eigenvalue weighted by atomic mass is 9.91. The van der Waals surface area contributed by atoms with Crippen LogP contribution in [0.25, 0.3) is 0 Å². The second-order valence-electron chi connectivity index (χ2n) is 7.94. The maximum Gasteiger partial charge on any atom is 0.284 e. The predicted octanol–water partition coefficient (Wildman–Crippen LogP) is 4.65. The summed E-state index contributed by atoms with van der Waals surface area (Å²) >= 11 is 8.15. The number of hydrogen-bond acceptors (Lipinski definition) is 5. The maximum atomic E-state index is 13.2. The van der Waals surface area contributed by atoms with E-state index < -0.39 is 21.8 Å². The number of rotatable bonds is 4. The summed E-state index contributed by atoms with van der Waals surface area (Å²) in [7, 11) is -4.20. The molecule has 0 aliphatic carbocycles. The number of hydrogen-bond donors (Lipinski definition) is 2.